The average Bonchev–Trinajstić information content (AvgIpc) is 2.45. The maximum Gasteiger partial charge on any atom is 0.288 e. The monoisotopic (exact) mass is 349 g/mol. The van der Waals surface area contributed by atoms with Gasteiger partial charge >= 0.3 is 0 Å². The molecule has 0 amide bonds. The normalized spacial score (nSPS) is 13.6. The van der Waals surface area contributed by atoms with Gasteiger partial charge in [0.05, 0.1) is 17.1 Å². The highest BCUT2D eigenvalue weighted by molar-refractivity contribution is 7.99. The SMILES string of the molecule is CCCS(=O)(=O)ON1c2ccccc2Sc2cc(C)cc(C)c21. The number of benzene rings is 2. The van der Waals surface area contributed by atoms with Crippen LogP contribution in [0.25, 0.3) is 0 Å². The standard InChI is InChI=1S/C17H19NO3S2/c1-4-9-23(19,20)21-18-14-7-5-6-8-15(14)22-16-11-12(2)10-13(3)17(16)18/h5-8,10-11H,4,9H2,1-3H3. The molecule has 0 N–H and O–H groups in total. The molecule has 6 heteroatoms. The predicted molar refractivity (Wildman–Crippen MR) is 93.8 cm³/mol. The minimum Gasteiger partial charge on any atom is -0.202 e. The van der Waals surface area contributed by atoms with E-state index in [1.54, 1.807) is 11.8 Å². The quantitative estimate of drug-likeness (QED) is 0.809. The van der Waals surface area contributed by atoms with Crippen molar-refractivity contribution in [2.75, 3.05) is 10.8 Å². The van der Waals surface area contributed by atoms with Crippen LogP contribution >= 0.6 is 11.8 Å². The Kier molecular flexibility index (Phi) is 4.40. The van der Waals surface area contributed by atoms with E-state index in [0.717, 1.165) is 32.3 Å². The zero-order valence-corrected chi connectivity index (χ0v) is 15.0. The lowest BCUT2D eigenvalue weighted by atomic mass is 10.1. The molecule has 122 valence electrons. The lowest BCUT2D eigenvalue weighted by Gasteiger charge is -2.32. The number of hydrogen-bond donors (Lipinski definition) is 0. The lowest BCUT2D eigenvalue weighted by molar-refractivity contribution is 0.319. The molecular formula is C17H19NO3S2. The highest BCUT2D eigenvalue weighted by atomic mass is 32.2. The van der Waals surface area contributed by atoms with E-state index in [1.807, 2.05) is 51.1 Å². The van der Waals surface area contributed by atoms with Gasteiger partial charge in [0.25, 0.3) is 10.1 Å². The Morgan fingerprint density at radius 3 is 2.61 bits per heavy atom. The van der Waals surface area contributed by atoms with Gasteiger partial charge < -0.3 is 0 Å². The first-order chi connectivity index (χ1) is 10.9. The Labute approximate surface area is 141 Å². The number of hydrogen-bond acceptors (Lipinski definition) is 5. The summed E-state index contributed by atoms with van der Waals surface area (Å²) in [4.78, 5) is 1.99. The first-order valence-corrected chi connectivity index (χ1v) is 9.91. The van der Waals surface area contributed by atoms with Gasteiger partial charge in [-0.25, -0.2) is 5.06 Å². The van der Waals surface area contributed by atoms with Crippen molar-refractivity contribution in [1.82, 2.24) is 0 Å². The van der Waals surface area contributed by atoms with Crippen LogP contribution in [0.2, 0.25) is 0 Å². The number of aryl methyl sites for hydroxylation is 2. The van der Waals surface area contributed by atoms with Crippen molar-refractivity contribution in [3.05, 3.63) is 47.5 Å². The molecule has 0 spiro atoms. The second-order valence-electron chi connectivity index (χ2n) is 5.63. The molecule has 1 aliphatic heterocycles. The Morgan fingerprint density at radius 1 is 1.13 bits per heavy atom. The van der Waals surface area contributed by atoms with E-state index in [4.69, 9.17) is 4.28 Å². The molecule has 2 aromatic carbocycles. The smallest absolute Gasteiger partial charge is 0.202 e. The summed E-state index contributed by atoms with van der Waals surface area (Å²) in [6, 6.07) is 11.8. The van der Waals surface area contributed by atoms with E-state index in [-0.39, 0.29) is 5.75 Å². The van der Waals surface area contributed by atoms with Gasteiger partial charge in [-0.3, -0.25) is 0 Å². The fourth-order valence-electron chi connectivity index (χ4n) is 2.69. The van der Waals surface area contributed by atoms with Crippen LogP contribution in [-0.4, -0.2) is 14.2 Å². The van der Waals surface area contributed by atoms with Crippen molar-refractivity contribution in [2.24, 2.45) is 0 Å². The molecule has 0 unspecified atom stereocenters. The third-order valence-corrected chi connectivity index (χ3v) is 5.94. The van der Waals surface area contributed by atoms with Crippen LogP contribution in [0.15, 0.2) is 46.2 Å². The Morgan fingerprint density at radius 2 is 1.87 bits per heavy atom. The van der Waals surface area contributed by atoms with Crippen molar-refractivity contribution in [3.8, 4) is 0 Å². The van der Waals surface area contributed by atoms with Gasteiger partial charge in [0.15, 0.2) is 0 Å². The van der Waals surface area contributed by atoms with Crippen molar-refractivity contribution in [3.63, 3.8) is 0 Å². The summed E-state index contributed by atoms with van der Waals surface area (Å²) in [7, 11) is -3.63. The molecule has 0 fully saturated rings. The van der Waals surface area contributed by atoms with Gasteiger partial charge in [-0.05, 0) is 49.6 Å². The van der Waals surface area contributed by atoms with Crippen LogP contribution in [0.5, 0.6) is 0 Å². The topological polar surface area (TPSA) is 46.6 Å². The van der Waals surface area contributed by atoms with Crippen LogP contribution in [0.3, 0.4) is 0 Å². The second-order valence-corrected chi connectivity index (χ2v) is 8.39. The average molecular weight is 349 g/mol. The molecule has 1 aliphatic rings. The van der Waals surface area contributed by atoms with Crippen molar-refractivity contribution >= 4 is 33.3 Å². The minimum absolute atomic E-state index is 0.000940. The van der Waals surface area contributed by atoms with Gasteiger partial charge in [-0.15, -0.1) is 4.28 Å². The summed E-state index contributed by atoms with van der Waals surface area (Å²) >= 11 is 1.64. The third kappa shape index (κ3) is 3.24. The summed E-state index contributed by atoms with van der Waals surface area (Å²) in [5.74, 6) is -0.000940. The van der Waals surface area contributed by atoms with Gasteiger partial charge in [-0.2, -0.15) is 8.42 Å². The van der Waals surface area contributed by atoms with E-state index >= 15 is 0 Å². The number of nitrogens with zero attached hydrogens (tertiary/aromatic N) is 1. The molecule has 0 bridgehead atoms. The van der Waals surface area contributed by atoms with Crippen molar-refractivity contribution in [2.45, 2.75) is 37.0 Å². The van der Waals surface area contributed by atoms with E-state index in [9.17, 15) is 8.42 Å². The Bertz CT molecular complexity index is 847. The van der Waals surface area contributed by atoms with Gasteiger partial charge in [-0.1, -0.05) is 36.9 Å². The summed E-state index contributed by atoms with van der Waals surface area (Å²) in [6.07, 6.45) is 0.520. The Hall–Kier alpha value is -1.50. The maximum atomic E-state index is 12.2. The van der Waals surface area contributed by atoms with Crippen LogP contribution < -0.4 is 5.06 Å². The van der Waals surface area contributed by atoms with Crippen LogP contribution in [0, 0.1) is 13.8 Å². The van der Waals surface area contributed by atoms with Gasteiger partial charge in [0.2, 0.25) is 0 Å². The molecular weight excluding hydrogens is 330 g/mol. The van der Waals surface area contributed by atoms with Gasteiger partial charge in [0.1, 0.15) is 0 Å². The highest BCUT2D eigenvalue weighted by Gasteiger charge is 2.29. The molecule has 1 heterocycles. The largest absolute Gasteiger partial charge is 0.288 e. The summed E-state index contributed by atoms with van der Waals surface area (Å²) < 4.78 is 29.9. The molecule has 0 aromatic heterocycles. The number of fused-ring (bicyclic) bond motifs is 2. The first-order valence-electron chi connectivity index (χ1n) is 7.52. The van der Waals surface area contributed by atoms with E-state index in [2.05, 4.69) is 6.07 Å². The molecule has 23 heavy (non-hydrogen) atoms. The number of anilines is 2. The van der Waals surface area contributed by atoms with Crippen LogP contribution in [-0.2, 0) is 14.4 Å². The number of rotatable bonds is 4. The maximum absolute atomic E-state index is 12.2. The van der Waals surface area contributed by atoms with Crippen molar-refractivity contribution < 1.29 is 12.7 Å². The third-order valence-electron chi connectivity index (χ3n) is 3.56. The van der Waals surface area contributed by atoms with Crippen LogP contribution in [0.1, 0.15) is 24.5 Å². The van der Waals surface area contributed by atoms with E-state index in [0.29, 0.717) is 6.42 Å². The fraction of sp³-hybridized carbons (Fsp3) is 0.294. The van der Waals surface area contributed by atoms with Crippen molar-refractivity contribution in [1.29, 1.82) is 0 Å². The molecule has 0 aliphatic carbocycles. The minimum atomic E-state index is -3.63. The highest BCUT2D eigenvalue weighted by Crippen LogP contribution is 2.50. The predicted octanol–water partition coefficient (Wildman–Crippen LogP) is 4.58. The van der Waals surface area contributed by atoms with E-state index < -0.39 is 10.1 Å². The van der Waals surface area contributed by atoms with Crippen LogP contribution in [0.4, 0.5) is 11.4 Å². The molecule has 0 saturated carbocycles. The molecule has 2 aromatic rings. The molecule has 0 atom stereocenters. The molecule has 0 saturated heterocycles. The fourth-order valence-corrected chi connectivity index (χ4v) is 4.87. The Balaban J connectivity index is 2.15. The van der Waals surface area contributed by atoms with E-state index in [1.165, 1.54) is 5.06 Å². The van der Waals surface area contributed by atoms with Gasteiger partial charge in [0, 0.05) is 9.79 Å². The molecule has 3 rings (SSSR count). The summed E-state index contributed by atoms with van der Waals surface area (Å²) in [5.41, 5.74) is 3.70. The number of para-hydroxylation sites is 1. The summed E-state index contributed by atoms with van der Waals surface area (Å²) in [6.45, 7) is 5.83. The zero-order chi connectivity index (χ0) is 16.6. The zero-order valence-electron chi connectivity index (χ0n) is 13.4. The first kappa shape index (κ1) is 16.4. The second kappa shape index (κ2) is 6.19. The molecule has 4 nitrogen and oxygen atoms in total. The molecule has 0 radical (unpaired) electrons. The summed E-state index contributed by atoms with van der Waals surface area (Å²) in [5, 5.41) is 1.47. The lowest BCUT2D eigenvalue weighted by Crippen LogP contribution is -2.27.